The number of fused-ring (bicyclic) bond motifs is 2. The third-order valence-corrected chi connectivity index (χ3v) is 9.40. The molecule has 10 heteroatoms. The SMILES string of the molecule is Cc1cc(Cc2ccc(F)cc2)c(=O)n2nc(C#Cc3ccccc3)oc12.Cc1cc(Cc2ccc(F)cc2)c(=O)n2nc(C#Cc3ccccc3)sc12. The van der Waals surface area contributed by atoms with E-state index >= 15 is 0 Å². The van der Waals surface area contributed by atoms with Crippen molar-refractivity contribution < 1.29 is 13.2 Å². The molecule has 4 heterocycles. The van der Waals surface area contributed by atoms with Crippen LogP contribution in [0.2, 0.25) is 0 Å². The summed E-state index contributed by atoms with van der Waals surface area (Å²) in [4.78, 5) is 26.4. The predicted molar refractivity (Wildman–Crippen MR) is 206 cm³/mol. The molecular weight excluding hydrogens is 703 g/mol. The Bertz CT molecular complexity index is 2660. The molecule has 0 bridgehead atoms. The summed E-state index contributed by atoms with van der Waals surface area (Å²) in [7, 11) is 0. The highest BCUT2D eigenvalue weighted by Crippen LogP contribution is 2.19. The predicted octanol–water partition coefficient (Wildman–Crippen LogP) is 7.92. The second-order valence-corrected chi connectivity index (χ2v) is 13.4. The van der Waals surface area contributed by atoms with Crippen LogP contribution in [-0.2, 0) is 12.8 Å². The van der Waals surface area contributed by atoms with E-state index in [0.717, 1.165) is 38.2 Å². The molecule has 0 unspecified atom stereocenters. The largest absolute Gasteiger partial charge is 0.412 e. The van der Waals surface area contributed by atoms with Gasteiger partial charge < -0.3 is 4.42 Å². The van der Waals surface area contributed by atoms with Gasteiger partial charge in [-0.05, 0) is 103 Å². The Morgan fingerprint density at radius 2 is 1.11 bits per heavy atom. The van der Waals surface area contributed by atoms with Crippen LogP contribution in [0.4, 0.5) is 8.78 Å². The van der Waals surface area contributed by atoms with Gasteiger partial charge in [0.15, 0.2) is 5.01 Å². The molecule has 54 heavy (non-hydrogen) atoms. The number of aromatic nitrogens is 4. The van der Waals surface area contributed by atoms with Crippen LogP contribution in [0.5, 0.6) is 0 Å². The summed E-state index contributed by atoms with van der Waals surface area (Å²) < 4.78 is 34.5. The Morgan fingerprint density at radius 1 is 0.611 bits per heavy atom. The molecular formula is C44H30F2N4O3S. The van der Waals surface area contributed by atoms with Gasteiger partial charge in [0.05, 0.1) is 0 Å². The van der Waals surface area contributed by atoms with Crippen molar-refractivity contribution in [2.45, 2.75) is 26.7 Å². The van der Waals surface area contributed by atoms with Gasteiger partial charge in [-0.1, -0.05) is 83.8 Å². The molecule has 0 saturated carbocycles. The lowest BCUT2D eigenvalue weighted by Crippen LogP contribution is -2.19. The van der Waals surface area contributed by atoms with E-state index in [1.165, 1.54) is 44.6 Å². The Hall–Kier alpha value is -6.88. The topological polar surface area (TPSA) is 81.9 Å². The maximum atomic E-state index is 13.1. The van der Waals surface area contributed by atoms with E-state index < -0.39 is 0 Å². The molecule has 264 valence electrons. The van der Waals surface area contributed by atoms with Crippen molar-refractivity contribution in [3.05, 3.63) is 209 Å². The van der Waals surface area contributed by atoms with Gasteiger partial charge in [-0.2, -0.15) is 9.03 Å². The zero-order chi connectivity index (χ0) is 37.6. The standard InChI is InChI=1S/C22H15FN2O2.C22H15FN2OS/c2*1-15-13-18(14-17-7-10-19(23)11-8-17)21(26)25-22(15)27-20(24-25)12-9-16-5-3-2-4-6-16/h2*2-8,10-11,13H,14H2,1H3. The molecule has 8 aromatic rings. The van der Waals surface area contributed by atoms with E-state index in [1.54, 1.807) is 30.3 Å². The van der Waals surface area contributed by atoms with E-state index in [1.807, 2.05) is 80.6 Å². The van der Waals surface area contributed by atoms with Crippen LogP contribution in [-0.4, -0.2) is 19.2 Å². The van der Waals surface area contributed by atoms with Gasteiger partial charge in [-0.25, -0.2) is 8.78 Å². The number of benzene rings is 4. The summed E-state index contributed by atoms with van der Waals surface area (Å²) in [5, 5.41) is 9.20. The lowest BCUT2D eigenvalue weighted by Gasteiger charge is -2.04. The number of rotatable bonds is 4. The van der Waals surface area contributed by atoms with Crippen molar-refractivity contribution >= 4 is 21.9 Å². The van der Waals surface area contributed by atoms with Gasteiger partial charge in [0.1, 0.15) is 16.5 Å². The third kappa shape index (κ3) is 8.26. The molecule has 0 aliphatic heterocycles. The van der Waals surface area contributed by atoms with Gasteiger partial charge >= 0.3 is 0 Å². The van der Waals surface area contributed by atoms with E-state index in [-0.39, 0.29) is 28.6 Å². The molecule has 0 amide bonds. The number of nitrogens with zero attached hydrogens (tertiary/aromatic N) is 4. The quantitative estimate of drug-likeness (QED) is 0.172. The van der Waals surface area contributed by atoms with E-state index in [2.05, 4.69) is 33.9 Å². The molecule has 0 aliphatic carbocycles. The van der Waals surface area contributed by atoms with Gasteiger partial charge in [-0.3, -0.25) is 9.59 Å². The minimum atomic E-state index is -0.305. The molecule has 0 aliphatic rings. The fraction of sp³-hybridized carbons (Fsp3) is 0.0909. The molecule has 0 atom stereocenters. The lowest BCUT2D eigenvalue weighted by atomic mass is 10.1. The zero-order valence-corrected chi connectivity index (χ0v) is 30.0. The van der Waals surface area contributed by atoms with Crippen LogP contribution < -0.4 is 11.1 Å². The smallest absolute Gasteiger partial charge is 0.293 e. The summed E-state index contributed by atoms with van der Waals surface area (Å²) in [6.45, 7) is 3.80. The summed E-state index contributed by atoms with van der Waals surface area (Å²) in [6.07, 6.45) is 0.826. The summed E-state index contributed by atoms with van der Waals surface area (Å²) in [6, 6.07) is 35.1. The number of hydrogen-bond acceptors (Lipinski definition) is 6. The fourth-order valence-corrected chi connectivity index (χ4v) is 6.53. The zero-order valence-electron chi connectivity index (χ0n) is 29.1. The van der Waals surface area contributed by atoms with Crippen LogP contribution in [0, 0.1) is 49.2 Å². The first-order valence-corrected chi connectivity index (χ1v) is 17.7. The van der Waals surface area contributed by atoms with Crippen LogP contribution in [0.15, 0.2) is 135 Å². The van der Waals surface area contributed by atoms with Gasteiger partial charge in [0, 0.05) is 40.7 Å². The molecule has 0 saturated heterocycles. The number of hydrogen-bond donors (Lipinski definition) is 0. The van der Waals surface area contributed by atoms with Crippen molar-refractivity contribution in [2.75, 3.05) is 0 Å². The average molecular weight is 733 g/mol. The summed E-state index contributed by atoms with van der Waals surface area (Å²) in [5.41, 5.74) is 6.35. The van der Waals surface area contributed by atoms with E-state index in [0.29, 0.717) is 34.7 Å². The minimum Gasteiger partial charge on any atom is -0.412 e. The molecule has 4 aromatic heterocycles. The molecule has 0 fully saturated rings. The van der Waals surface area contributed by atoms with Crippen LogP contribution in [0.1, 0.15) is 55.4 Å². The Kier molecular flexibility index (Phi) is 10.4. The van der Waals surface area contributed by atoms with Gasteiger partial charge in [0.25, 0.3) is 17.0 Å². The highest BCUT2D eigenvalue weighted by atomic mass is 32.1. The second kappa shape index (κ2) is 15.8. The lowest BCUT2D eigenvalue weighted by molar-refractivity contribution is 0.582. The van der Waals surface area contributed by atoms with Crippen molar-refractivity contribution in [1.82, 2.24) is 19.2 Å². The van der Waals surface area contributed by atoms with Crippen molar-refractivity contribution in [3.8, 4) is 23.7 Å². The molecule has 8 rings (SSSR count). The second-order valence-electron chi connectivity index (χ2n) is 12.4. The number of aryl methyl sites for hydroxylation is 2. The third-order valence-electron chi connectivity index (χ3n) is 8.33. The van der Waals surface area contributed by atoms with Crippen molar-refractivity contribution in [1.29, 1.82) is 0 Å². The molecule has 0 spiro atoms. The molecule has 0 N–H and O–H groups in total. The monoisotopic (exact) mass is 732 g/mol. The first kappa shape index (κ1) is 35.5. The maximum Gasteiger partial charge on any atom is 0.293 e. The minimum absolute atomic E-state index is 0.163. The van der Waals surface area contributed by atoms with Crippen LogP contribution in [0.3, 0.4) is 0 Å². The number of halogens is 2. The summed E-state index contributed by atoms with van der Waals surface area (Å²) in [5.74, 6) is 11.5. The maximum absolute atomic E-state index is 13.1. The fourth-order valence-electron chi connectivity index (χ4n) is 5.69. The normalized spacial score (nSPS) is 10.6. The molecule has 0 radical (unpaired) electrons. The van der Waals surface area contributed by atoms with Crippen molar-refractivity contribution in [3.63, 3.8) is 0 Å². The highest BCUT2D eigenvalue weighted by molar-refractivity contribution is 7.17. The molecule has 4 aromatic carbocycles. The molecule has 7 nitrogen and oxygen atoms in total. The average Bonchev–Trinajstić information content (AvgIpc) is 3.83. The van der Waals surface area contributed by atoms with Gasteiger partial charge in [0.2, 0.25) is 5.71 Å². The van der Waals surface area contributed by atoms with E-state index in [4.69, 9.17) is 4.42 Å². The first-order valence-electron chi connectivity index (χ1n) is 16.9. The first-order chi connectivity index (χ1) is 26.2. The Morgan fingerprint density at radius 3 is 1.67 bits per heavy atom. The van der Waals surface area contributed by atoms with E-state index in [9.17, 15) is 18.4 Å². The number of pyridine rings is 2. The highest BCUT2D eigenvalue weighted by Gasteiger charge is 2.14. The van der Waals surface area contributed by atoms with Crippen LogP contribution in [0.25, 0.3) is 10.5 Å². The summed E-state index contributed by atoms with van der Waals surface area (Å²) >= 11 is 1.40. The Labute approximate surface area is 312 Å². The Balaban J connectivity index is 0.000000167. The van der Waals surface area contributed by atoms with Crippen LogP contribution >= 0.6 is 11.3 Å². The van der Waals surface area contributed by atoms with Gasteiger partial charge in [-0.15, -0.1) is 10.2 Å². The van der Waals surface area contributed by atoms with Crippen molar-refractivity contribution in [2.24, 2.45) is 0 Å².